The van der Waals surface area contributed by atoms with Crippen LogP contribution in [0, 0.1) is 0 Å². The summed E-state index contributed by atoms with van der Waals surface area (Å²) >= 11 is 1.81. The Bertz CT molecular complexity index is 362. The highest BCUT2D eigenvalue weighted by atomic mass is 32.2. The molecule has 17 heavy (non-hydrogen) atoms. The zero-order valence-electron chi connectivity index (χ0n) is 10.2. The average Bonchev–Trinajstić information content (AvgIpc) is 2.18. The summed E-state index contributed by atoms with van der Waals surface area (Å²) < 4.78 is 0. The summed E-state index contributed by atoms with van der Waals surface area (Å²) in [6, 6.07) is 7.86. The number of carboxylic acids is 1. The highest BCUT2D eigenvalue weighted by molar-refractivity contribution is 7.99. The molecule has 0 aliphatic carbocycles. The molecule has 4 heteroatoms. The molecule has 0 radical (unpaired) electrons. The molecule has 0 aromatic heterocycles. The fraction of sp³-hybridized carbons (Fsp3) is 0.462. The van der Waals surface area contributed by atoms with Crippen molar-refractivity contribution in [3.05, 3.63) is 29.8 Å². The van der Waals surface area contributed by atoms with Gasteiger partial charge >= 0.3 is 5.97 Å². The van der Waals surface area contributed by atoms with Gasteiger partial charge in [-0.1, -0.05) is 26.0 Å². The number of carboxylic acid groups (broad SMARTS) is 1. The average molecular weight is 253 g/mol. The van der Waals surface area contributed by atoms with Gasteiger partial charge in [-0.2, -0.15) is 0 Å². The van der Waals surface area contributed by atoms with E-state index < -0.39 is 5.97 Å². The molecule has 0 bridgehead atoms. The standard InChI is InChI=1S/C13H19NO2S/c1-9(2)17-12-5-3-10(4-6-12)7-11(14)8-13(15)16/h3-6,9,11H,7-8,14H2,1-2H3,(H,15,16). The van der Waals surface area contributed by atoms with Crippen molar-refractivity contribution in [3.63, 3.8) is 0 Å². The van der Waals surface area contributed by atoms with E-state index in [1.807, 2.05) is 23.9 Å². The fourth-order valence-corrected chi connectivity index (χ4v) is 2.41. The van der Waals surface area contributed by atoms with Gasteiger partial charge in [-0.15, -0.1) is 11.8 Å². The molecule has 0 saturated carbocycles. The highest BCUT2D eigenvalue weighted by Gasteiger charge is 2.08. The van der Waals surface area contributed by atoms with Gasteiger partial charge in [0.05, 0.1) is 6.42 Å². The van der Waals surface area contributed by atoms with E-state index in [0.29, 0.717) is 11.7 Å². The van der Waals surface area contributed by atoms with Gasteiger partial charge in [0.2, 0.25) is 0 Å². The largest absolute Gasteiger partial charge is 0.481 e. The Labute approximate surface area is 106 Å². The molecule has 1 aromatic rings. The number of hydrogen-bond donors (Lipinski definition) is 2. The van der Waals surface area contributed by atoms with E-state index in [1.165, 1.54) is 4.90 Å². The minimum atomic E-state index is -0.843. The van der Waals surface area contributed by atoms with E-state index in [2.05, 4.69) is 26.0 Å². The van der Waals surface area contributed by atoms with Crippen molar-refractivity contribution in [2.75, 3.05) is 0 Å². The fourth-order valence-electron chi connectivity index (χ4n) is 1.58. The first kappa shape index (κ1) is 14.1. The molecule has 3 N–H and O–H groups in total. The van der Waals surface area contributed by atoms with Crippen LogP contribution in [0.4, 0.5) is 0 Å². The van der Waals surface area contributed by atoms with Gasteiger partial charge < -0.3 is 10.8 Å². The lowest BCUT2D eigenvalue weighted by atomic mass is 10.0. The summed E-state index contributed by atoms with van der Waals surface area (Å²) in [4.78, 5) is 11.7. The van der Waals surface area contributed by atoms with Crippen molar-refractivity contribution < 1.29 is 9.90 Å². The summed E-state index contributed by atoms with van der Waals surface area (Å²) in [6.45, 7) is 4.31. The lowest BCUT2D eigenvalue weighted by Gasteiger charge is -2.10. The lowest BCUT2D eigenvalue weighted by molar-refractivity contribution is -0.137. The van der Waals surface area contributed by atoms with Crippen LogP contribution in [0.1, 0.15) is 25.8 Å². The third-order valence-corrected chi connectivity index (χ3v) is 3.25. The van der Waals surface area contributed by atoms with Crippen LogP contribution in [0.2, 0.25) is 0 Å². The molecule has 0 heterocycles. The molecule has 0 saturated heterocycles. The minimum Gasteiger partial charge on any atom is -0.481 e. The highest BCUT2D eigenvalue weighted by Crippen LogP contribution is 2.23. The van der Waals surface area contributed by atoms with Gasteiger partial charge in [-0.3, -0.25) is 4.79 Å². The number of carbonyl (C=O) groups is 1. The molecule has 1 unspecified atom stereocenters. The van der Waals surface area contributed by atoms with Gasteiger partial charge in [0.25, 0.3) is 0 Å². The second-order valence-electron chi connectivity index (χ2n) is 4.37. The minimum absolute atomic E-state index is 0.0164. The molecule has 0 fully saturated rings. The molecular weight excluding hydrogens is 234 g/mol. The van der Waals surface area contributed by atoms with E-state index in [0.717, 1.165) is 5.56 Å². The first-order valence-corrected chi connectivity index (χ1v) is 6.58. The summed E-state index contributed by atoms with van der Waals surface area (Å²) in [7, 11) is 0. The van der Waals surface area contributed by atoms with Crippen molar-refractivity contribution >= 4 is 17.7 Å². The van der Waals surface area contributed by atoms with Gasteiger partial charge in [0.15, 0.2) is 0 Å². The van der Waals surface area contributed by atoms with Gasteiger partial charge in [0, 0.05) is 16.2 Å². The third-order valence-electron chi connectivity index (χ3n) is 2.23. The Morgan fingerprint density at radius 3 is 2.41 bits per heavy atom. The number of aliphatic carboxylic acids is 1. The van der Waals surface area contributed by atoms with Crippen LogP contribution in [-0.2, 0) is 11.2 Å². The van der Waals surface area contributed by atoms with Crippen LogP contribution >= 0.6 is 11.8 Å². The van der Waals surface area contributed by atoms with Crippen LogP contribution < -0.4 is 5.73 Å². The predicted octanol–water partition coefficient (Wildman–Crippen LogP) is 2.53. The molecule has 0 spiro atoms. The second kappa shape index (κ2) is 6.67. The first-order chi connectivity index (χ1) is 7.97. The number of hydrogen-bond acceptors (Lipinski definition) is 3. The Morgan fingerprint density at radius 2 is 1.94 bits per heavy atom. The topological polar surface area (TPSA) is 63.3 Å². The molecule has 94 valence electrons. The maximum Gasteiger partial charge on any atom is 0.304 e. The van der Waals surface area contributed by atoms with Crippen LogP contribution in [0.15, 0.2) is 29.2 Å². The maximum atomic E-state index is 10.5. The smallest absolute Gasteiger partial charge is 0.304 e. The van der Waals surface area contributed by atoms with Crippen molar-refractivity contribution in [2.24, 2.45) is 5.73 Å². The monoisotopic (exact) mass is 253 g/mol. The number of thioether (sulfide) groups is 1. The van der Waals surface area contributed by atoms with Crippen molar-refractivity contribution in [2.45, 2.75) is 42.9 Å². The van der Waals surface area contributed by atoms with Crippen LogP contribution in [0.5, 0.6) is 0 Å². The second-order valence-corrected chi connectivity index (χ2v) is 6.02. The Morgan fingerprint density at radius 1 is 1.35 bits per heavy atom. The van der Waals surface area contributed by atoms with Gasteiger partial charge in [0.1, 0.15) is 0 Å². The molecule has 0 aliphatic heterocycles. The van der Waals surface area contributed by atoms with Crippen LogP contribution in [0.25, 0.3) is 0 Å². The molecule has 0 aliphatic rings. The van der Waals surface area contributed by atoms with E-state index in [9.17, 15) is 4.79 Å². The molecule has 1 rings (SSSR count). The molecular formula is C13H19NO2S. The normalized spacial score (nSPS) is 12.7. The number of rotatable bonds is 6. The molecule has 0 amide bonds. The van der Waals surface area contributed by atoms with Gasteiger partial charge in [-0.25, -0.2) is 0 Å². The first-order valence-electron chi connectivity index (χ1n) is 5.70. The number of nitrogens with two attached hydrogens (primary N) is 1. The van der Waals surface area contributed by atoms with Crippen LogP contribution in [0.3, 0.4) is 0 Å². The predicted molar refractivity (Wildman–Crippen MR) is 71.4 cm³/mol. The number of benzene rings is 1. The lowest BCUT2D eigenvalue weighted by Crippen LogP contribution is -2.26. The van der Waals surface area contributed by atoms with Crippen molar-refractivity contribution in [1.29, 1.82) is 0 Å². The van der Waals surface area contributed by atoms with Crippen molar-refractivity contribution in [3.8, 4) is 0 Å². The summed E-state index contributed by atoms with van der Waals surface area (Å²) in [5, 5.41) is 9.19. The molecule has 1 aromatic carbocycles. The Kier molecular flexibility index (Phi) is 5.51. The quantitative estimate of drug-likeness (QED) is 0.765. The summed E-state index contributed by atoms with van der Waals surface area (Å²) in [5.74, 6) is -0.843. The zero-order valence-corrected chi connectivity index (χ0v) is 11.0. The molecule has 3 nitrogen and oxygen atoms in total. The molecule has 1 atom stereocenters. The SMILES string of the molecule is CC(C)Sc1ccc(CC(N)CC(=O)O)cc1. The van der Waals surface area contributed by atoms with Crippen LogP contribution in [-0.4, -0.2) is 22.4 Å². The Hall–Kier alpha value is -1.00. The van der Waals surface area contributed by atoms with Crippen molar-refractivity contribution in [1.82, 2.24) is 0 Å². The third kappa shape index (κ3) is 5.75. The van der Waals surface area contributed by atoms with E-state index in [4.69, 9.17) is 10.8 Å². The van der Waals surface area contributed by atoms with E-state index in [1.54, 1.807) is 0 Å². The van der Waals surface area contributed by atoms with E-state index in [-0.39, 0.29) is 12.5 Å². The summed E-state index contributed by atoms with van der Waals surface area (Å²) in [6.07, 6.45) is 0.626. The maximum absolute atomic E-state index is 10.5. The summed E-state index contributed by atoms with van der Waals surface area (Å²) in [5.41, 5.74) is 6.83. The Balaban J connectivity index is 2.53. The van der Waals surface area contributed by atoms with E-state index >= 15 is 0 Å². The zero-order chi connectivity index (χ0) is 12.8. The van der Waals surface area contributed by atoms with Gasteiger partial charge in [-0.05, 0) is 24.1 Å².